The van der Waals surface area contributed by atoms with Crippen molar-refractivity contribution in [2.75, 3.05) is 17.0 Å². The maximum Gasteiger partial charge on any atom is 0.234 e. The number of halogens is 1. The van der Waals surface area contributed by atoms with Crippen molar-refractivity contribution in [1.29, 1.82) is 0 Å². The summed E-state index contributed by atoms with van der Waals surface area (Å²) in [6.45, 7) is 0.433. The van der Waals surface area contributed by atoms with Crippen molar-refractivity contribution in [2.24, 2.45) is 0 Å². The normalized spacial score (nSPS) is 15.7. The molecule has 0 spiro atoms. The van der Waals surface area contributed by atoms with Crippen LogP contribution >= 0.6 is 23.3 Å². The van der Waals surface area contributed by atoms with Crippen LogP contribution in [0.25, 0.3) is 11.0 Å². The fourth-order valence-corrected chi connectivity index (χ4v) is 3.62. The van der Waals surface area contributed by atoms with Gasteiger partial charge in [-0.3, -0.25) is 4.72 Å². The number of aromatic nitrogens is 2. The molecule has 0 atom stereocenters. The number of rotatable bonds is 6. The number of hydrogen-bond donors (Lipinski definition) is 2. The second-order valence-electron chi connectivity index (χ2n) is 4.70. The van der Waals surface area contributed by atoms with Crippen LogP contribution in [0.2, 0.25) is 5.02 Å². The largest absolute Gasteiger partial charge is 0.313 e. The Labute approximate surface area is 125 Å². The van der Waals surface area contributed by atoms with Gasteiger partial charge in [-0.25, -0.2) is 8.42 Å². The fraction of sp³-hybridized carbons (Fsp3) is 0.455. The van der Waals surface area contributed by atoms with Gasteiger partial charge in [0.15, 0.2) is 0 Å². The number of hydrogen-bond acceptors (Lipinski definition) is 6. The van der Waals surface area contributed by atoms with Crippen LogP contribution in [0.4, 0.5) is 5.69 Å². The molecule has 0 amide bonds. The molecule has 2 aromatic rings. The average Bonchev–Trinajstić information content (AvgIpc) is 3.08. The van der Waals surface area contributed by atoms with Crippen molar-refractivity contribution >= 4 is 50.1 Å². The molecule has 1 aromatic carbocycles. The maximum atomic E-state index is 12.1. The van der Waals surface area contributed by atoms with E-state index in [1.54, 1.807) is 12.1 Å². The minimum atomic E-state index is -3.45. The summed E-state index contributed by atoms with van der Waals surface area (Å²) in [5.41, 5.74) is 1.43. The van der Waals surface area contributed by atoms with E-state index in [0.717, 1.165) is 24.6 Å². The summed E-state index contributed by atoms with van der Waals surface area (Å²) in [5.74, 6) is 0.00772. The van der Waals surface area contributed by atoms with Gasteiger partial charge in [-0.2, -0.15) is 8.75 Å². The molecule has 1 fully saturated rings. The molecule has 1 aliphatic rings. The van der Waals surface area contributed by atoms with Crippen molar-refractivity contribution < 1.29 is 8.42 Å². The minimum Gasteiger partial charge on any atom is -0.313 e. The summed E-state index contributed by atoms with van der Waals surface area (Å²) >= 11 is 7.08. The molecule has 20 heavy (non-hydrogen) atoms. The molecule has 108 valence electrons. The van der Waals surface area contributed by atoms with E-state index < -0.39 is 10.0 Å². The highest BCUT2D eigenvalue weighted by Crippen LogP contribution is 2.30. The van der Waals surface area contributed by atoms with Crippen LogP contribution in [0, 0.1) is 0 Å². The zero-order valence-corrected chi connectivity index (χ0v) is 12.9. The van der Waals surface area contributed by atoms with E-state index in [-0.39, 0.29) is 5.75 Å². The quantitative estimate of drug-likeness (QED) is 0.843. The Morgan fingerprint density at radius 3 is 2.90 bits per heavy atom. The number of fused-ring (bicyclic) bond motifs is 1. The fourth-order valence-electron chi connectivity index (χ4n) is 1.82. The summed E-state index contributed by atoms with van der Waals surface area (Å²) in [5, 5.41) is 3.49. The van der Waals surface area contributed by atoms with E-state index in [4.69, 9.17) is 11.6 Å². The molecule has 0 radical (unpaired) electrons. The molecular weight excluding hydrogens is 320 g/mol. The molecule has 1 aliphatic carbocycles. The highest BCUT2D eigenvalue weighted by atomic mass is 35.5. The van der Waals surface area contributed by atoms with Crippen LogP contribution < -0.4 is 10.0 Å². The Hall–Kier alpha value is -0.960. The Morgan fingerprint density at radius 2 is 2.15 bits per heavy atom. The molecule has 9 heteroatoms. The number of nitrogens with zero attached hydrogens (tertiary/aromatic N) is 2. The van der Waals surface area contributed by atoms with Gasteiger partial charge >= 0.3 is 0 Å². The number of benzene rings is 1. The zero-order valence-electron chi connectivity index (χ0n) is 10.5. The van der Waals surface area contributed by atoms with Crippen LogP contribution in [-0.2, 0) is 10.0 Å². The average molecular weight is 333 g/mol. The lowest BCUT2D eigenvalue weighted by molar-refractivity contribution is 0.595. The Balaban J connectivity index is 1.76. The first-order valence-electron chi connectivity index (χ1n) is 6.20. The third-order valence-electron chi connectivity index (χ3n) is 3.02. The third kappa shape index (κ3) is 3.20. The molecule has 1 aromatic heterocycles. The van der Waals surface area contributed by atoms with Gasteiger partial charge in [0, 0.05) is 12.6 Å². The van der Waals surface area contributed by atoms with Crippen molar-refractivity contribution in [3.63, 3.8) is 0 Å². The van der Waals surface area contributed by atoms with Gasteiger partial charge in [-0.05, 0) is 25.0 Å². The van der Waals surface area contributed by atoms with E-state index in [2.05, 4.69) is 18.8 Å². The van der Waals surface area contributed by atoms with Crippen molar-refractivity contribution in [2.45, 2.75) is 18.9 Å². The summed E-state index contributed by atoms with van der Waals surface area (Å²) in [4.78, 5) is 0. The zero-order chi connectivity index (χ0) is 14.2. The van der Waals surface area contributed by atoms with Crippen LogP contribution in [0.15, 0.2) is 12.1 Å². The summed E-state index contributed by atoms with van der Waals surface area (Å²) < 4.78 is 34.8. The molecule has 1 saturated carbocycles. The van der Waals surface area contributed by atoms with E-state index in [1.165, 1.54) is 0 Å². The second kappa shape index (κ2) is 5.44. The molecule has 2 N–H and O–H groups in total. The van der Waals surface area contributed by atoms with Crippen LogP contribution in [0.3, 0.4) is 0 Å². The van der Waals surface area contributed by atoms with Gasteiger partial charge in [0.25, 0.3) is 0 Å². The Kier molecular flexibility index (Phi) is 3.80. The molecule has 6 nitrogen and oxygen atoms in total. The highest BCUT2D eigenvalue weighted by molar-refractivity contribution is 7.92. The van der Waals surface area contributed by atoms with Gasteiger partial charge in [0.05, 0.1) is 28.2 Å². The number of nitrogens with one attached hydrogen (secondary N) is 2. The molecular formula is C11H13ClN4O2S2. The van der Waals surface area contributed by atoms with Crippen molar-refractivity contribution in [1.82, 2.24) is 14.1 Å². The predicted molar refractivity (Wildman–Crippen MR) is 80.9 cm³/mol. The van der Waals surface area contributed by atoms with Gasteiger partial charge < -0.3 is 5.32 Å². The second-order valence-corrected chi connectivity index (χ2v) is 7.48. The Morgan fingerprint density at radius 1 is 1.35 bits per heavy atom. The molecule has 3 rings (SSSR count). The van der Waals surface area contributed by atoms with Gasteiger partial charge in [0.1, 0.15) is 11.0 Å². The maximum absolute atomic E-state index is 12.1. The van der Waals surface area contributed by atoms with E-state index in [9.17, 15) is 8.42 Å². The van der Waals surface area contributed by atoms with E-state index in [1.807, 2.05) is 0 Å². The summed E-state index contributed by atoms with van der Waals surface area (Å²) in [7, 11) is -3.45. The van der Waals surface area contributed by atoms with E-state index in [0.29, 0.717) is 34.3 Å². The first kappa shape index (κ1) is 14.0. The van der Waals surface area contributed by atoms with Gasteiger partial charge in [-0.15, -0.1) is 0 Å². The smallest absolute Gasteiger partial charge is 0.234 e. The highest BCUT2D eigenvalue weighted by Gasteiger charge is 2.22. The van der Waals surface area contributed by atoms with Crippen LogP contribution in [0.5, 0.6) is 0 Å². The minimum absolute atomic E-state index is 0.00772. The lowest BCUT2D eigenvalue weighted by Crippen LogP contribution is -2.28. The predicted octanol–water partition coefficient (Wildman–Crippen LogP) is 1.84. The SMILES string of the molecule is O=S(=O)(CCNC1CC1)Nc1c(Cl)ccc2nsnc12. The van der Waals surface area contributed by atoms with Crippen molar-refractivity contribution in [3.8, 4) is 0 Å². The summed E-state index contributed by atoms with van der Waals surface area (Å²) in [6.07, 6.45) is 2.26. The molecule has 0 aliphatic heterocycles. The van der Waals surface area contributed by atoms with Gasteiger partial charge in [-0.1, -0.05) is 11.6 Å². The topological polar surface area (TPSA) is 84.0 Å². The molecule has 1 heterocycles. The van der Waals surface area contributed by atoms with Gasteiger partial charge in [0.2, 0.25) is 10.0 Å². The lowest BCUT2D eigenvalue weighted by Gasteiger charge is -2.10. The van der Waals surface area contributed by atoms with E-state index >= 15 is 0 Å². The third-order valence-corrected chi connectivity index (χ3v) is 5.13. The first-order chi connectivity index (χ1) is 9.55. The molecule has 0 unspecified atom stereocenters. The number of anilines is 1. The summed E-state index contributed by atoms with van der Waals surface area (Å²) in [6, 6.07) is 3.82. The Bertz CT molecular complexity index is 727. The molecule has 0 bridgehead atoms. The lowest BCUT2D eigenvalue weighted by atomic mass is 10.3. The monoisotopic (exact) mass is 332 g/mol. The van der Waals surface area contributed by atoms with Crippen LogP contribution in [0.1, 0.15) is 12.8 Å². The van der Waals surface area contributed by atoms with Crippen molar-refractivity contribution in [3.05, 3.63) is 17.2 Å². The standard InChI is InChI=1S/C11H13ClN4O2S2/c12-8-3-4-9-11(15-19-14-9)10(8)16-20(17,18)6-5-13-7-1-2-7/h3-4,7,13,16H,1-2,5-6H2. The van der Waals surface area contributed by atoms with Crippen LogP contribution in [-0.4, -0.2) is 35.5 Å². The first-order valence-corrected chi connectivity index (χ1v) is 8.96. The number of sulfonamides is 1. The molecule has 0 saturated heterocycles.